The molecule has 2 rings (SSSR count). The second-order valence-electron chi connectivity index (χ2n) is 5.30. The number of carboxylic acid groups (broad SMARTS) is 1. The van der Waals surface area contributed by atoms with Crippen LogP contribution in [-0.2, 0) is 14.3 Å². The van der Waals surface area contributed by atoms with Crippen molar-refractivity contribution in [3.63, 3.8) is 0 Å². The predicted molar refractivity (Wildman–Crippen MR) is 67.8 cm³/mol. The van der Waals surface area contributed by atoms with Gasteiger partial charge in [0.15, 0.2) is 0 Å². The van der Waals surface area contributed by atoms with Gasteiger partial charge in [0, 0.05) is 19.6 Å². The summed E-state index contributed by atoms with van der Waals surface area (Å²) in [4.78, 5) is 37.7. The van der Waals surface area contributed by atoms with Crippen molar-refractivity contribution in [2.24, 2.45) is 17.6 Å². The van der Waals surface area contributed by atoms with Crippen LogP contribution in [0.2, 0.25) is 0 Å². The van der Waals surface area contributed by atoms with Crippen molar-refractivity contribution in [2.45, 2.75) is 13.0 Å². The Bertz CT molecular complexity index is 427. The number of nitrogens with two attached hydrogens (primary N) is 1. The molecule has 2 aliphatic rings. The molecule has 0 aromatic carbocycles. The minimum absolute atomic E-state index is 0.0901. The van der Waals surface area contributed by atoms with Crippen molar-refractivity contribution in [3.05, 3.63) is 0 Å². The summed E-state index contributed by atoms with van der Waals surface area (Å²) in [7, 11) is 0. The number of hydrogen-bond acceptors (Lipinski definition) is 4. The minimum Gasteiger partial charge on any atom is -0.481 e. The molecule has 3 N–H and O–H groups in total. The zero-order chi connectivity index (χ0) is 14.9. The summed E-state index contributed by atoms with van der Waals surface area (Å²) in [6, 6.07) is -1.12. The Kier molecular flexibility index (Phi) is 4.12. The number of primary amides is 1. The van der Waals surface area contributed by atoms with E-state index in [2.05, 4.69) is 0 Å². The molecule has 3 atom stereocenters. The molecule has 0 spiro atoms. The fourth-order valence-corrected chi connectivity index (χ4v) is 2.69. The van der Waals surface area contributed by atoms with Gasteiger partial charge in [0.05, 0.1) is 19.1 Å². The fraction of sp³-hybridized carbons (Fsp3) is 0.750. The highest BCUT2D eigenvalue weighted by atomic mass is 16.5. The number of nitrogens with zero attached hydrogens (tertiary/aromatic N) is 2. The molecule has 2 saturated heterocycles. The number of carbonyl (C=O) groups is 3. The number of carboxylic acids is 1. The summed E-state index contributed by atoms with van der Waals surface area (Å²) in [6.45, 7) is 3.07. The second-order valence-corrected chi connectivity index (χ2v) is 5.30. The van der Waals surface area contributed by atoms with Crippen LogP contribution in [0.4, 0.5) is 4.79 Å². The third kappa shape index (κ3) is 2.69. The van der Waals surface area contributed by atoms with Crippen molar-refractivity contribution >= 4 is 17.9 Å². The molecule has 3 amide bonds. The van der Waals surface area contributed by atoms with E-state index in [-0.39, 0.29) is 31.6 Å². The van der Waals surface area contributed by atoms with Crippen LogP contribution in [0.25, 0.3) is 0 Å². The number of aliphatic carboxylic acids is 1. The molecule has 20 heavy (non-hydrogen) atoms. The molecule has 2 aliphatic heterocycles. The van der Waals surface area contributed by atoms with Gasteiger partial charge in [-0.15, -0.1) is 0 Å². The summed E-state index contributed by atoms with van der Waals surface area (Å²) < 4.78 is 5.16. The first-order chi connectivity index (χ1) is 9.41. The smallest absolute Gasteiger partial charge is 0.320 e. The molecule has 0 radical (unpaired) electrons. The SMILES string of the molecule is CC1CN(C(=O)N2CCOCC2C(N)=O)CC1C(=O)O. The zero-order valence-electron chi connectivity index (χ0n) is 11.3. The number of carbonyl (C=O) groups excluding carboxylic acids is 2. The normalized spacial score (nSPS) is 30.4. The van der Waals surface area contributed by atoms with E-state index in [1.807, 2.05) is 0 Å². The average molecular weight is 285 g/mol. The maximum absolute atomic E-state index is 12.4. The van der Waals surface area contributed by atoms with E-state index >= 15 is 0 Å². The van der Waals surface area contributed by atoms with E-state index < -0.39 is 23.8 Å². The van der Waals surface area contributed by atoms with Gasteiger partial charge in [-0.05, 0) is 5.92 Å². The van der Waals surface area contributed by atoms with Crippen LogP contribution in [-0.4, -0.2) is 71.7 Å². The van der Waals surface area contributed by atoms with Crippen molar-refractivity contribution in [3.8, 4) is 0 Å². The Morgan fingerprint density at radius 2 is 2.00 bits per heavy atom. The molecule has 0 aliphatic carbocycles. The van der Waals surface area contributed by atoms with Crippen LogP contribution in [0.1, 0.15) is 6.92 Å². The van der Waals surface area contributed by atoms with Gasteiger partial charge in [-0.25, -0.2) is 4.79 Å². The van der Waals surface area contributed by atoms with E-state index in [0.717, 1.165) is 0 Å². The zero-order valence-corrected chi connectivity index (χ0v) is 11.3. The lowest BCUT2D eigenvalue weighted by molar-refractivity contribution is -0.142. The van der Waals surface area contributed by atoms with Gasteiger partial charge >= 0.3 is 12.0 Å². The molecule has 2 heterocycles. The minimum atomic E-state index is -0.902. The molecule has 0 saturated carbocycles. The predicted octanol–water partition coefficient (Wildman–Crippen LogP) is -1.05. The van der Waals surface area contributed by atoms with Gasteiger partial charge in [-0.1, -0.05) is 6.92 Å². The van der Waals surface area contributed by atoms with E-state index in [1.165, 1.54) is 9.80 Å². The molecule has 8 heteroatoms. The number of urea groups is 1. The van der Waals surface area contributed by atoms with Gasteiger partial charge in [-0.2, -0.15) is 0 Å². The monoisotopic (exact) mass is 285 g/mol. The topological polar surface area (TPSA) is 113 Å². The van der Waals surface area contributed by atoms with Crippen LogP contribution >= 0.6 is 0 Å². The first-order valence-electron chi connectivity index (χ1n) is 6.57. The van der Waals surface area contributed by atoms with Gasteiger partial charge < -0.3 is 25.4 Å². The van der Waals surface area contributed by atoms with Crippen molar-refractivity contribution in [2.75, 3.05) is 32.8 Å². The Balaban J connectivity index is 2.07. The fourth-order valence-electron chi connectivity index (χ4n) is 2.69. The molecule has 0 aromatic heterocycles. The maximum atomic E-state index is 12.4. The summed E-state index contributed by atoms with van der Waals surface area (Å²) in [5, 5.41) is 9.09. The van der Waals surface area contributed by atoms with Crippen LogP contribution in [0, 0.1) is 11.8 Å². The molecular formula is C12H19N3O5. The Labute approximate surface area is 116 Å². The molecule has 112 valence electrons. The number of rotatable bonds is 2. The first-order valence-corrected chi connectivity index (χ1v) is 6.57. The number of hydrogen-bond donors (Lipinski definition) is 2. The van der Waals surface area contributed by atoms with Crippen molar-refractivity contribution in [1.82, 2.24) is 9.80 Å². The third-order valence-corrected chi connectivity index (χ3v) is 3.90. The van der Waals surface area contributed by atoms with E-state index in [1.54, 1.807) is 6.92 Å². The van der Waals surface area contributed by atoms with Crippen LogP contribution in [0.5, 0.6) is 0 Å². The highest BCUT2D eigenvalue weighted by Crippen LogP contribution is 2.25. The molecule has 3 unspecified atom stereocenters. The van der Waals surface area contributed by atoms with Gasteiger partial charge in [0.2, 0.25) is 5.91 Å². The van der Waals surface area contributed by atoms with E-state index in [9.17, 15) is 14.4 Å². The van der Waals surface area contributed by atoms with Crippen LogP contribution in [0.3, 0.4) is 0 Å². The summed E-state index contributed by atoms with van der Waals surface area (Å²) in [5.74, 6) is -2.18. The lowest BCUT2D eigenvalue weighted by Gasteiger charge is -2.36. The van der Waals surface area contributed by atoms with Gasteiger partial charge in [-0.3, -0.25) is 9.59 Å². The van der Waals surface area contributed by atoms with Crippen LogP contribution in [0.15, 0.2) is 0 Å². The molecule has 0 bridgehead atoms. The quantitative estimate of drug-likeness (QED) is 0.671. The number of amides is 3. The van der Waals surface area contributed by atoms with E-state index in [4.69, 9.17) is 15.6 Å². The number of likely N-dealkylation sites (tertiary alicyclic amines) is 1. The second kappa shape index (κ2) is 5.66. The van der Waals surface area contributed by atoms with Crippen molar-refractivity contribution < 1.29 is 24.2 Å². The highest BCUT2D eigenvalue weighted by Gasteiger charge is 2.41. The molecule has 8 nitrogen and oxygen atoms in total. The Hall–Kier alpha value is -1.83. The standard InChI is InChI=1S/C12H19N3O5/c1-7-4-14(5-8(7)11(17)18)12(19)15-2-3-20-6-9(15)10(13)16/h7-9H,2-6H2,1H3,(H2,13,16)(H,17,18). The van der Waals surface area contributed by atoms with Gasteiger partial charge in [0.1, 0.15) is 6.04 Å². The first kappa shape index (κ1) is 14.6. The van der Waals surface area contributed by atoms with Crippen molar-refractivity contribution in [1.29, 1.82) is 0 Å². The molecule has 0 aromatic rings. The number of morpholine rings is 1. The van der Waals surface area contributed by atoms with Crippen LogP contribution < -0.4 is 5.73 Å². The number of ether oxygens (including phenoxy) is 1. The Morgan fingerprint density at radius 3 is 2.55 bits per heavy atom. The van der Waals surface area contributed by atoms with E-state index in [0.29, 0.717) is 13.2 Å². The summed E-state index contributed by atoms with van der Waals surface area (Å²) >= 11 is 0. The average Bonchev–Trinajstić information content (AvgIpc) is 2.80. The summed E-state index contributed by atoms with van der Waals surface area (Å²) in [5.41, 5.74) is 5.27. The Morgan fingerprint density at radius 1 is 1.30 bits per heavy atom. The lowest BCUT2D eigenvalue weighted by Crippen LogP contribution is -2.57. The van der Waals surface area contributed by atoms with Gasteiger partial charge in [0.25, 0.3) is 0 Å². The highest BCUT2D eigenvalue weighted by molar-refractivity contribution is 5.86. The molecular weight excluding hydrogens is 266 g/mol. The third-order valence-electron chi connectivity index (χ3n) is 3.90. The summed E-state index contributed by atoms with van der Waals surface area (Å²) in [6.07, 6.45) is 0. The lowest BCUT2D eigenvalue weighted by atomic mass is 9.99. The maximum Gasteiger partial charge on any atom is 0.320 e. The largest absolute Gasteiger partial charge is 0.481 e. The molecule has 2 fully saturated rings.